The molecule has 23 heavy (non-hydrogen) atoms. The fourth-order valence-corrected chi connectivity index (χ4v) is 1.35. The minimum absolute atomic E-state index is 0.0318. The van der Waals surface area contributed by atoms with Gasteiger partial charge in [-0.15, -0.1) is 11.8 Å². The van der Waals surface area contributed by atoms with Crippen molar-refractivity contribution in [1.29, 1.82) is 0 Å². The average molecular weight is 392 g/mol. The smallest absolute Gasteiger partial charge is 0.195 e. The Balaban J connectivity index is 6.19. The third kappa shape index (κ3) is 3.22. The molecule has 0 aliphatic heterocycles. The number of thioether (sulfide) groups is 1. The quantitative estimate of drug-likeness (QED) is 0.531. The largest absolute Gasteiger partial charge is 0.460 e. The molecular weight excluding hydrogens is 387 g/mol. The van der Waals surface area contributed by atoms with Gasteiger partial charge in [0.2, 0.25) is 0 Å². The molecule has 0 aromatic carbocycles. The van der Waals surface area contributed by atoms with E-state index in [1.54, 1.807) is 0 Å². The highest BCUT2D eigenvalue weighted by molar-refractivity contribution is 8.01. The molecular formula is C9H5F13S. The predicted octanol–water partition coefficient (Wildman–Crippen LogP) is 5.60. The third-order valence-electron chi connectivity index (χ3n) is 2.37. The first-order valence-corrected chi connectivity index (χ1v) is 6.26. The second-order valence-electron chi connectivity index (χ2n) is 3.96. The number of allylic oxidation sites excluding steroid dienone is 1. The predicted molar refractivity (Wildman–Crippen MR) is 53.4 cm³/mol. The van der Waals surface area contributed by atoms with Crippen molar-refractivity contribution in [2.75, 3.05) is 6.26 Å². The molecule has 0 saturated carbocycles. The summed E-state index contributed by atoms with van der Waals surface area (Å²) in [7, 11) is 0. The van der Waals surface area contributed by atoms with Gasteiger partial charge in [-0.3, -0.25) is 0 Å². The second-order valence-corrected chi connectivity index (χ2v) is 4.70. The van der Waals surface area contributed by atoms with Gasteiger partial charge in [-0.1, -0.05) is 0 Å². The van der Waals surface area contributed by atoms with E-state index >= 15 is 0 Å². The lowest BCUT2D eigenvalue weighted by atomic mass is 9.94. The highest BCUT2D eigenvalue weighted by atomic mass is 32.2. The Morgan fingerprint density at radius 1 is 0.565 bits per heavy atom. The molecule has 0 aromatic rings. The molecule has 14 heteroatoms. The normalized spacial score (nSPS) is 16.3. The minimum Gasteiger partial charge on any atom is -0.195 e. The Morgan fingerprint density at radius 3 is 1.22 bits per heavy atom. The van der Waals surface area contributed by atoms with Crippen LogP contribution >= 0.6 is 11.8 Å². The van der Waals surface area contributed by atoms with E-state index in [9.17, 15) is 57.1 Å². The van der Waals surface area contributed by atoms with E-state index in [1.807, 2.05) is 0 Å². The van der Waals surface area contributed by atoms with Crippen molar-refractivity contribution < 1.29 is 57.1 Å². The fourth-order valence-electron chi connectivity index (χ4n) is 1.04. The Labute approximate surface area is 123 Å². The van der Waals surface area contributed by atoms with Crippen molar-refractivity contribution in [3.05, 3.63) is 11.5 Å². The average Bonchev–Trinajstić information content (AvgIpc) is 2.34. The second kappa shape index (κ2) is 5.92. The van der Waals surface area contributed by atoms with Crippen LogP contribution in [0.25, 0.3) is 0 Å². The van der Waals surface area contributed by atoms with Gasteiger partial charge in [-0.2, -0.15) is 57.1 Å². The molecule has 0 atom stereocenters. The molecule has 0 fully saturated rings. The van der Waals surface area contributed by atoms with Gasteiger partial charge in [-0.05, 0) is 17.7 Å². The lowest BCUT2D eigenvalue weighted by molar-refractivity contribution is -0.436. The van der Waals surface area contributed by atoms with Gasteiger partial charge in [0.05, 0.1) is 0 Å². The molecule has 0 unspecified atom stereocenters. The summed E-state index contributed by atoms with van der Waals surface area (Å²) >= 11 is 0.218. The summed E-state index contributed by atoms with van der Waals surface area (Å²) in [6.07, 6.45) is -7.46. The van der Waals surface area contributed by atoms with Gasteiger partial charge in [0, 0.05) is 0 Å². The van der Waals surface area contributed by atoms with Crippen LogP contribution in [0, 0.1) is 0 Å². The van der Waals surface area contributed by atoms with Crippen molar-refractivity contribution in [2.45, 2.75) is 35.8 Å². The van der Waals surface area contributed by atoms with E-state index < -0.39 is 41.9 Å². The molecule has 0 nitrogen and oxygen atoms in total. The van der Waals surface area contributed by atoms with Crippen molar-refractivity contribution in [3.8, 4) is 0 Å². The van der Waals surface area contributed by atoms with E-state index in [0.29, 0.717) is 0 Å². The van der Waals surface area contributed by atoms with Gasteiger partial charge in [0.15, 0.2) is 0 Å². The van der Waals surface area contributed by atoms with Gasteiger partial charge >= 0.3 is 35.8 Å². The van der Waals surface area contributed by atoms with Crippen molar-refractivity contribution >= 4 is 11.8 Å². The summed E-state index contributed by atoms with van der Waals surface area (Å²) in [6.45, 7) is 0. The summed E-state index contributed by atoms with van der Waals surface area (Å²) in [4.78, 5) is 0. The fraction of sp³-hybridized carbons (Fsp3) is 0.778. The zero-order chi connectivity index (χ0) is 19.1. The van der Waals surface area contributed by atoms with Crippen LogP contribution in [0.2, 0.25) is 0 Å². The molecule has 0 aliphatic rings. The molecule has 0 bridgehead atoms. The van der Waals surface area contributed by atoms with Crippen LogP contribution in [0.15, 0.2) is 11.5 Å². The number of rotatable bonds is 6. The molecule has 0 amide bonds. The van der Waals surface area contributed by atoms with Gasteiger partial charge < -0.3 is 0 Å². The highest BCUT2D eigenvalue weighted by Gasteiger charge is 2.90. The molecule has 0 N–H and O–H groups in total. The van der Waals surface area contributed by atoms with Crippen molar-refractivity contribution in [2.24, 2.45) is 0 Å². The van der Waals surface area contributed by atoms with Crippen LogP contribution in [0.3, 0.4) is 0 Å². The van der Waals surface area contributed by atoms with Crippen LogP contribution < -0.4 is 0 Å². The summed E-state index contributed by atoms with van der Waals surface area (Å²) in [6, 6.07) is 0. The highest BCUT2D eigenvalue weighted by Crippen LogP contribution is 2.60. The van der Waals surface area contributed by atoms with Crippen LogP contribution in [0.5, 0.6) is 0 Å². The van der Waals surface area contributed by atoms with E-state index in [1.165, 1.54) is 0 Å². The minimum atomic E-state index is -7.85. The van der Waals surface area contributed by atoms with Crippen molar-refractivity contribution in [1.82, 2.24) is 0 Å². The molecule has 0 aromatic heterocycles. The first kappa shape index (κ1) is 22.2. The molecule has 0 aliphatic carbocycles. The lowest BCUT2D eigenvalue weighted by Gasteiger charge is -2.39. The summed E-state index contributed by atoms with van der Waals surface area (Å²) in [5.74, 6) is -36.6. The van der Waals surface area contributed by atoms with Gasteiger partial charge in [0.1, 0.15) is 0 Å². The number of hydrogen-bond acceptors (Lipinski definition) is 1. The maximum atomic E-state index is 13.0. The number of halogens is 13. The molecule has 0 saturated heterocycles. The van der Waals surface area contributed by atoms with E-state index in [0.717, 1.165) is 6.26 Å². The topological polar surface area (TPSA) is 0 Å². The molecule has 0 radical (unpaired) electrons. The Hall–Kier alpha value is -0.820. The standard InChI is InChI=1S/C9H5F13S/c1-23-3-2-4(10,11)5(12,13)6(14,15)7(16,17)8(18,19)9(20,21)22/h2-3H,1H3/b3-2+. The van der Waals surface area contributed by atoms with Crippen LogP contribution in [-0.2, 0) is 0 Å². The summed E-state index contributed by atoms with van der Waals surface area (Å²) < 4.78 is 163. The van der Waals surface area contributed by atoms with Gasteiger partial charge in [0.25, 0.3) is 0 Å². The van der Waals surface area contributed by atoms with Crippen molar-refractivity contribution in [3.63, 3.8) is 0 Å². The Morgan fingerprint density at radius 2 is 0.913 bits per heavy atom. The van der Waals surface area contributed by atoms with Crippen LogP contribution in [-0.4, -0.2) is 42.0 Å². The first-order valence-electron chi connectivity index (χ1n) is 4.97. The lowest BCUT2D eigenvalue weighted by Crippen LogP contribution is -2.69. The first-order chi connectivity index (χ1) is 9.81. The zero-order valence-electron chi connectivity index (χ0n) is 10.5. The third-order valence-corrected chi connectivity index (χ3v) is 2.78. The molecule has 0 rings (SSSR count). The molecule has 0 heterocycles. The molecule has 138 valence electrons. The Kier molecular flexibility index (Phi) is 5.71. The van der Waals surface area contributed by atoms with Gasteiger partial charge in [-0.25, -0.2) is 0 Å². The Bertz CT molecular complexity index is 447. The SMILES string of the molecule is CS/C=C/C(F)(F)C(F)(F)C(F)(F)C(F)(F)C(F)(F)C(F)(F)F. The number of hydrogen-bond donors (Lipinski definition) is 0. The monoisotopic (exact) mass is 392 g/mol. The number of alkyl halides is 13. The molecule has 0 spiro atoms. The summed E-state index contributed by atoms with van der Waals surface area (Å²) in [5, 5.41) is 0.0318. The van der Waals surface area contributed by atoms with E-state index in [2.05, 4.69) is 0 Å². The summed E-state index contributed by atoms with van der Waals surface area (Å²) in [5.41, 5.74) is 0. The maximum Gasteiger partial charge on any atom is 0.460 e. The van der Waals surface area contributed by atoms with E-state index in [-0.39, 0.29) is 17.2 Å². The van der Waals surface area contributed by atoms with Crippen LogP contribution in [0.4, 0.5) is 57.1 Å². The van der Waals surface area contributed by atoms with E-state index in [4.69, 9.17) is 0 Å². The zero-order valence-corrected chi connectivity index (χ0v) is 11.3. The maximum absolute atomic E-state index is 13.0. The van der Waals surface area contributed by atoms with Crippen LogP contribution in [0.1, 0.15) is 0 Å².